The van der Waals surface area contributed by atoms with Gasteiger partial charge in [-0.1, -0.05) is 26.2 Å². The van der Waals surface area contributed by atoms with E-state index in [1.54, 1.807) is 57.8 Å². The summed E-state index contributed by atoms with van der Waals surface area (Å²) in [5.41, 5.74) is 0.829. The summed E-state index contributed by atoms with van der Waals surface area (Å²) in [5.74, 6) is 5.61. The van der Waals surface area contributed by atoms with Gasteiger partial charge < -0.3 is 0 Å². The standard InChI is InChI=1S/C17H28/c1-12-15-8-13-7-14(9-15)11-17(12,10-13)16-5-3-2-4-6-16/h12-16H,2-11H2,1H3. The summed E-state index contributed by atoms with van der Waals surface area (Å²) in [6.45, 7) is 2.64. The lowest BCUT2D eigenvalue weighted by atomic mass is 9.41. The molecular formula is C17H28. The Morgan fingerprint density at radius 2 is 1.47 bits per heavy atom. The number of hydrogen-bond acceptors (Lipinski definition) is 0. The summed E-state index contributed by atoms with van der Waals surface area (Å²) in [7, 11) is 0. The van der Waals surface area contributed by atoms with Crippen molar-refractivity contribution in [2.45, 2.75) is 71.1 Å². The highest BCUT2D eigenvalue weighted by Gasteiger charge is 2.57. The second kappa shape index (κ2) is 3.75. The van der Waals surface area contributed by atoms with E-state index < -0.39 is 0 Å². The van der Waals surface area contributed by atoms with Gasteiger partial charge in [0.05, 0.1) is 0 Å². The second-order valence-corrected chi connectivity index (χ2v) is 7.96. The molecule has 4 bridgehead atoms. The van der Waals surface area contributed by atoms with Crippen LogP contribution in [0.25, 0.3) is 0 Å². The molecular weight excluding hydrogens is 204 g/mol. The summed E-state index contributed by atoms with van der Waals surface area (Å²) in [6.07, 6.45) is 15.8. The molecule has 0 heterocycles. The topological polar surface area (TPSA) is 0 Å². The highest BCUT2D eigenvalue weighted by molar-refractivity contribution is 5.07. The minimum Gasteiger partial charge on any atom is -0.0617 e. The fraction of sp³-hybridized carbons (Fsp3) is 1.00. The minimum atomic E-state index is 0.829. The molecule has 0 N–H and O–H groups in total. The Labute approximate surface area is 107 Å². The molecule has 5 aliphatic rings. The van der Waals surface area contributed by atoms with Crippen LogP contribution in [0.3, 0.4) is 0 Å². The quantitative estimate of drug-likeness (QED) is 0.595. The van der Waals surface area contributed by atoms with E-state index in [1.165, 1.54) is 6.42 Å². The van der Waals surface area contributed by atoms with Gasteiger partial charge in [-0.15, -0.1) is 0 Å². The van der Waals surface area contributed by atoms with Crippen LogP contribution in [0.5, 0.6) is 0 Å². The molecule has 0 aromatic heterocycles. The van der Waals surface area contributed by atoms with E-state index in [2.05, 4.69) is 6.92 Å². The van der Waals surface area contributed by atoms with Crippen molar-refractivity contribution in [3.63, 3.8) is 0 Å². The third-order valence-electron chi connectivity index (χ3n) is 7.31. The molecule has 0 aromatic carbocycles. The van der Waals surface area contributed by atoms with Crippen molar-refractivity contribution in [1.29, 1.82) is 0 Å². The van der Waals surface area contributed by atoms with E-state index in [-0.39, 0.29) is 0 Å². The van der Waals surface area contributed by atoms with Gasteiger partial charge >= 0.3 is 0 Å². The minimum absolute atomic E-state index is 0.829. The van der Waals surface area contributed by atoms with Gasteiger partial charge in [0.2, 0.25) is 0 Å². The molecule has 0 nitrogen and oxygen atoms in total. The molecule has 17 heavy (non-hydrogen) atoms. The van der Waals surface area contributed by atoms with E-state index in [4.69, 9.17) is 0 Å². The van der Waals surface area contributed by atoms with Crippen molar-refractivity contribution in [2.75, 3.05) is 0 Å². The zero-order chi connectivity index (χ0) is 11.5. The van der Waals surface area contributed by atoms with Crippen molar-refractivity contribution in [3.05, 3.63) is 0 Å². The molecule has 3 atom stereocenters. The SMILES string of the molecule is CC1C2CC3CC(C2)CC1(C1CCCCC1)C3. The summed E-state index contributed by atoms with van der Waals surface area (Å²) < 4.78 is 0. The lowest BCUT2D eigenvalue weighted by Gasteiger charge is -2.64. The largest absolute Gasteiger partial charge is 0.0617 e. The van der Waals surface area contributed by atoms with Crippen LogP contribution in [0, 0.1) is 35.0 Å². The molecule has 0 saturated heterocycles. The highest BCUT2D eigenvalue weighted by atomic mass is 14.6. The lowest BCUT2D eigenvalue weighted by molar-refractivity contribution is -0.140. The van der Waals surface area contributed by atoms with Gasteiger partial charge in [0.15, 0.2) is 0 Å². The van der Waals surface area contributed by atoms with E-state index in [0.29, 0.717) is 0 Å². The van der Waals surface area contributed by atoms with Crippen molar-refractivity contribution in [1.82, 2.24) is 0 Å². The Kier molecular flexibility index (Phi) is 2.40. The van der Waals surface area contributed by atoms with Crippen molar-refractivity contribution < 1.29 is 0 Å². The van der Waals surface area contributed by atoms with E-state index in [9.17, 15) is 0 Å². The summed E-state index contributed by atoms with van der Waals surface area (Å²) in [6, 6.07) is 0. The third kappa shape index (κ3) is 1.48. The van der Waals surface area contributed by atoms with E-state index in [1.807, 2.05) is 0 Å². The maximum absolute atomic E-state index is 2.64. The molecule has 5 fully saturated rings. The first-order valence-electron chi connectivity index (χ1n) is 8.28. The smallest absolute Gasteiger partial charge is 0.0236 e. The van der Waals surface area contributed by atoms with Gasteiger partial charge in [0.25, 0.3) is 0 Å². The van der Waals surface area contributed by atoms with Crippen LogP contribution in [0.2, 0.25) is 0 Å². The van der Waals surface area contributed by atoms with Crippen molar-refractivity contribution in [2.24, 2.45) is 35.0 Å². The van der Waals surface area contributed by atoms with E-state index in [0.717, 1.165) is 35.0 Å². The fourth-order valence-corrected chi connectivity index (χ4v) is 6.74. The Morgan fingerprint density at radius 3 is 2.12 bits per heavy atom. The van der Waals surface area contributed by atoms with Crippen LogP contribution in [0.1, 0.15) is 71.1 Å². The molecule has 0 heteroatoms. The predicted octanol–water partition coefficient (Wildman–Crippen LogP) is 5.03. The summed E-state index contributed by atoms with van der Waals surface area (Å²) in [4.78, 5) is 0. The first kappa shape index (κ1) is 10.9. The van der Waals surface area contributed by atoms with E-state index >= 15 is 0 Å². The lowest BCUT2D eigenvalue weighted by Crippen LogP contribution is -2.55. The summed E-state index contributed by atoms with van der Waals surface area (Å²) in [5, 5.41) is 0. The first-order chi connectivity index (χ1) is 8.28. The maximum atomic E-state index is 2.64. The Balaban J connectivity index is 1.66. The van der Waals surface area contributed by atoms with Crippen LogP contribution in [-0.4, -0.2) is 0 Å². The molecule has 3 unspecified atom stereocenters. The normalized spacial score (nSPS) is 54.2. The van der Waals surface area contributed by atoms with Crippen LogP contribution >= 0.6 is 0 Å². The zero-order valence-electron chi connectivity index (χ0n) is 11.5. The molecule has 5 aliphatic carbocycles. The Bertz CT molecular complexity index is 285. The Hall–Kier alpha value is 0. The van der Waals surface area contributed by atoms with Crippen LogP contribution in [0.15, 0.2) is 0 Å². The van der Waals surface area contributed by atoms with Crippen molar-refractivity contribution >= 4 is 0 Å². The van der Waals surface area contributed by atoms with Gasteiger partial charge in [-0.3, -0.25) is 0 Å². The first-order valence-corrected chi connectivity index (χ1v) is 8.28. The van der Waals surface area contributed by atoms with Crippen LogP contribution in [0.4, 0.5) is 0 Å². The van der Waals surface area contributed by atoms with Crippen LogP contribution in [-0.2, 0) is 0 Å². The molecule has 5 rings (SSSR count). The van der Waals surface area contributed by atoms with Crippen LogP contribution < -0.4 is 0 Å². The van der Waals surface area contributed by atoms with Gasteiger partial charge in [0, 0.05) is 0 Å². The van der Waals surface area contributed by atoms with Gasteiger partial charge in [-0.05, 0) is 80.0 Å². The molecule has 5 saturated carbocycles. The third-order valence-corrected chi connectivity index (χ3v) is 7.31. The average molecular weight is 232 g/mol. The van der Waals surface area contributed by atoms with Gasteiger partial charge in [0.1, 0.15) is 0 Å². The molecule has 0 amide bonds. The zero-order valence-corrected chi connectivity index (χ0v) is 11.5. The number of rotatable bonds is 1. The average Bonchev–Trinajstić information content (AvgIpc) is 2.36. The monoisotopic (exact) mass is 232 g/mol. The second-order valence-electron chi connectivity index (χ2n) is 7.96. The molecule has 96 valence electrons. The maximum Gasteiger partial charge on any atom is -0.0236 e. The van der Waals surface area contributed by atoms with Crippen molar-refractivity contribution in [3.8, 4) is 0 Å². The summed E-state index contributed by atoms with van der Waals surface area (Å²) >= 11 is 0. The van der Waals surface area contributed by atoms with Gasteiger partial charge in [-0.25, -0.2) is 0 Å². The molecule has 0 aromatic rings. The molecule has 0 aliphatic heterocycles. The predicted molar refractivity (Wildman–Crippen MR) is 71.7 cm³/mol. The molecule has 0 radical (unpaired) electrons. The highest BCUT2D eigenvalue weighted by Crippen LogP contribution is 2.66. The molecule has 0 spiro atoms. The number of hydrogen-bond donors (Lipinski definition) is 0. The Morgan fingerprint density at radius 1 is 0.824 bits per heavy atom. The van der Waals surface area contributed by atoms with Gasteiger partial charge in [-0.2, -0.15) is 0 Å². The fourth-order valence-electron chi connectivity index (χ4n) is 6.74.